The molecular formula is C32H29Cl3F5N3O5. The van der Waals surface area contributed by atoms with Crippen molar-refractivity contribution in [1.82, 2.24) is 16.0 Å². The van der Waals surface area contributed by atoms with E-state index in [1.165, 1.54) is 56.3 Å². The van der Waals surface area contributed by atoms with Crippen LogP contribution >= 0.6 is 34.8 Å². The molecule has 0 unspecified atom stereocenters. The Hall–Kier alpha value is -3.94. The summed E-state index contributed by atoms with van der Waals surface area (Å²) in [4.78, 5) is 52.2. The fourth-order valence-corrected chi connectivity index (χ4v) is 5.10. The van der Waals surface area contributed by atoms with Crippen molar-refractivity contribution < 1.29 is 45.9 Å². The van der Waals surface area contributed by atoms with E-state index in [0.29, 0.717) is 10.6 Å². The highest BCUT2D eigenvalue weighted by Crippen LogP contribution is 2.27. The van der Waals surface area contributed by atoms with Crippen molar-refractivity contribution in [1.29, 1.82) is 0 Å². The van der Waals surface area contributed by atoms with Gasteiger partial charge in [-0.15, -0.1) is 0 Å². The van der Waals surface area contributed by atoms with Crippen LogP contribution in [-0.4, -0.2) is 54.3 Å². The molecule has 0 aliphatic carbocycles. The molecule has 0 saturated carbocycles. The van der Waals surface area contributed by atoms with Crippen LogP contribution < -0.4 is 20.7 Å². The number of nitrogens with one attached hydrogen (secondary N) is 3. The van der Waals surface area contributed by atoms with Gasteiger partial charge in [0.2, 0.25) is 11.7 Å². The van der Waals surface area contributed by atoms with E-state index in [4.69, 9.17) is 39.5 Å². The molecule has 0 heterocycles. The summed E-state index contributed by atoms with van der Waals surface area (Å²) in [6, 6.07) is 14.6. The first-order valence-electron chi connectivity index (χ1n) is 14.2. The zero-order chi connectivity index (χ0) is 35.8. The van der Waals surface area contributed by atoms with Crippen LogP contribution in [0, 0.1) is 5.92 Å². The second kappa shape index (κ2) is 16.4. The van der Waals surface area contributed by atoms with E-state index in [9.17, 15) is 41.1 Å². The first-order chi connectivity index (χ1) is 22.4. The number of halogens is 8. The third-order valence-corrected chi connectivity index (χ3v) is 7.36. The van der Waals surface area contributed by atoms with Crippen LogP contribution in [0.5, 0.6) is 5.75 Å². The molecule has 0 radical (unpaired) electrons. The number of benzene rings is 3. The van der Waals surface area contributed by atoms with Gasteiger partial charge in [-0.25, -0.2) is 0 Å². The van der Waals surface area contributed by atoms with Crippen LogP contribution in [-0.2, 0) is 25.6 Å². The standard InChI is InChI=1S/C32H29Cl3F5N3O5/c1-17(2)25(27(44)32(39,40)30(47)41-16-31(36,37)38)42-29(46)26(19-8-4-3-5-9-19)43-28(45)24(12-18-7-6-10-20(33)11-18)48-23-14-21(34)13-22(35)15-23/h3-11,13-15,17,24-26H,12,16H2,1-2H3,(H,41,47)(H,42,46)(H,43,45)/t24-,25-,26-/m0/s1. The number of hydrogen-bond acceptors (Lipinski definition) is 5. The highest BCUT2D eigenvalue weighted by atomic mass is 35.5. The predicted octanol–water partition coefficient (Wildman–Crippen LogP) is 6.52. The molecule has 0 saturated heterocycles. The van der Waals surface area contributed by atoms with E-state index in [1.54, 1.807) is 30.3 Å². The number of Topliss-reactive ketones (excluding diaryl/α,β-unsaturated/α-hetero) is 1. The maximum atomic E-state index is 14.8. The summed E-state index contributed by atoms with van der Waals surface area (Å²) < 4.78 is 73.1. The summed E-state index contributed by atoms with van der Waals surface area (Å²) in [5.41, 5.74) is 0.730. The molecule has 0 spiro atoms. The molecule has 48 heavy (non-hydrogen) atoms. The normalized spacial score (nSPS) is 13.6. The monoisotopic (exact) mass is 735 g/mol. The zero-order valence-corrected chi connectivity index (χ0v) is 27.5. The molecule has 0 aromatic heterocycles. The second-order valence-corrected chi connectivity index (χ2v) is 12.2. The Balaban J connectivity index is 1.92. The highest BCUT2D eigenvalue weighted by Gasteiger charge is 2.52. The van der Waals surface area contributed by atoms with Gasteiger partial charge in [0.1, 0.15) is 18.3 Å². The lowest BCUT2D eigenvalue weighted by Gasteiger charge is -2.28. The van der Waals surface area contributed by atoms with Gasteiger partial charge in [0.05, 0.1) is 6.04 Å². The van der Waals surface area contributed by atoms with Crippen LogP contribution in [0.2, 0.25) is 15.1 Å². The fourth-order valence-electron chi connectivity index (χ4n) is 4.38. The maximum absolute atomic E-state index is 14.8. The molecule has 0 aliphatic heterocycles. The van der Waals surface area contributed by atoms with Crippen molar-refractivity contribution in [3.05, 3.63) is 99.0 Å². The molecular weight excluding hydrogens is 708 g/mol. The van der Waals surface area contributed by atoms with Crippen LogP contribution in [0.3, 0.4) is 0 Å². The molecule has 3 atom stereocenters. The summed E-state index contributed by atoms with van der Waals surface area (Å²) >= 11 is 18.3. The fraction of sp³-hybridized carbons (Fsp3) is 0.312. The zero-order valence-electron chi connectivity index (χ0n) is 25.2. The number of ketones is 1. The molecule has 258 valence electrons. The molecule has 0 aliphatic rings. The van der Waals surface area contributed by atoms with Crippen molar-refractivity contribution in [2.45, 2.75) is 50.6 Å². The molecule has 3 aromatic rings. The Bertz CT molecular complexity index is 1610. The van der Waals surface area contributed by atoms with Crippen LogP contribution in [0.25, 0.3) is 0 Å². The van der Waals surface area contributed by atoms with Crippen LogP contribution in [0.4, 0.5) is 22.0 Å². The van der Waals surface area contributed by atoms with Crippen LogP contribution in [0.1, 0.15) is 31.0 Å². The molecule has 3 aromatic carbocycles. The molecule has 8 nitrogen and oxygen atoms in total. The van der Waals surface area contributed by atoms with Gasteiger partial charge in [-0.3, -0.25) is 19.2 Å². The Kier molecular flexibility index (Phi) is 13.2. The maximum Gasteiger partial charge on any atom is 0.405 e. The molecule has 0 bridgehead atoms. The van der Waals surface area contributed by atoms with Gasteiger partial charge in [0.15, 0.2) is 6.10 Å². The van der Waals surface area contributed by atoms with Gasteiger partial charge in [-0.2, -0.15) is 22.0 Å². The first kappa shape index (κ1) is 38.5. The Labute approximate surface area is 287 Å². The number of amides is 3. The summed E-state index contributed by atoms with van der Waals surface area (Å²) in [5.74, 6) is -12.5. The smallest absolute Gasteiger partial charge is 0.405 e. The van der Waals surface area contributed by atoms with Gasteiger partial charge in [0, 0.05) is 21.5 Å². The van der Waals surface area contributed by atoms with Crippen LogP contribution in [0.15, 0.2) is 72.8 Å². The summed E-state index contributed by atoms with van der Waals surface area (Å²) in [5, 5.41) is 6.42. The minimum absolute atomic E-state index is 0.0774. The van der Waals surface area contributed by atoms with Gasteiger partial charge in [0.25, 0.3) is 11.8 Å². The van der Waals surface area contributed by atoms with Gasteiger partial charge in [-0.1, -0.05) is 91.1 Å². The number of rotatable bonds is 14. The van der Waals surface area contributed by atoms with Crippen molar-refractivity contribution in [2.24, 2.45) is 5.92 Å². The van der Waals surface area contributed by atoms with Gasteiger partial charge in [-0.05, 0) is 47.4 Å². The van der Waals surface area contributed by atoms with E-state index in [2.05, 4.69) is 10.6 Å². The number of carbonyl (C=O) groups is 4. The summed E-state index contributed by atoms with van der Waals surface area (Å²) in [7, 11) is 0. The van der Waals surface area contributed by atoms with E-state index in [0.717, 1.165) is 5.32 Å². The molecule has 0 fully saturated rings. The third kappa shape index (κ3) is 11.1. The SMILES string of the molecule is CC(C)[C@H](NC(=O)[C@@H](NC(=O)[C@H](Cc1cccc(Cl)c1)Oc1cc(Cl)cc(Cl)c1)c1ccccc1)C(=O)C(F)(F)C(=O)NCC(F)(F)F. The predicted molar refractivity (Wildman–Crippen MR) is 169 cm³/mol. The number of alkyl halides is 5. The quantitative estimate of drug-likeness (QED) is 0.129. The lowest BCUT2D eigenvalue weighted by molar-refractivity contribution is -0.165. The summed E-state index contributed by atoms with van der Waals surface area (Å²) in [6.07, 6.45) is -6.44. The third-order valence-electron chi connectivity index (χ3n) is 6.69. The highest BCUT2D eigenvalue weighted by molar-refractivity contribution is 6.34. The van der Waals surface area contributed by atoms with Crippen molar-refractivity contribution >= 4 is 58.3 Å². The molecule has 3 rings (SSSR count). The summed E-state index contributed by atoms with van der Waals surface area (Å²) in [6.45, 7) is 0.441. The molecule has 3 amide bonds. The topological polar surface area (TPSA) is 114 Å². The van der Waals surface area contributed by atoms with Gasteiger partial charge >= 0.3 is 12.1 Å². The molecule has 3 N–H and O–H groups in total. The second-order valence-electron chi connectivity index (χ2n) is 10.9. The van der Waals surface area contributed by atoms with Gasteiger partial charge < -0.3 is 20.7 Å². The number of carbonyl (C=O) groups excluding carboxylic acids is 4. The average Bonchev–Trinajstić information content (AvgIpc) is 2.99. The molecule has 16 heteroatoms. The van der Waals surface area contributed by atoms with E-state index in [1.807, 2.05) is 0 Å². The number of ether oxygens (including phenoxy) is 1. The minimum Gasteiger partial charge on any atom is -0.480 e. The Morgan fingerprint density at radius 3 is 1.96 bits per heavy atom. The van der Waals surface area contributed by atoms with Crippen molar-refractivity contribution in [3.63, 3.8) is 0 Å². The number of hydrogen-bond donors (Lipinski definition) is 3. The Morgan fingerprint density at radius 2 is 1.40 bits per heavy atom. The Morgan fingerprint density at radius 1 is 0.771 bits per heavy atom. The van der Waals surface area contributed by atoms with E-state index in [-0.39, 0.29) is 27.8 Å². The first-order valence-corrected chi connectivity index (χ1v) is 15.3. The lowest BCUT2D eigenvalue weighted by Crippen LogP contribution is -2.58. The largest absolute Gasteiger partial charge is 0.480 e. The minimum atomic E-state index is -5.02. The van der Waals surface area contributed by atoms with E-state index >= 15 is 0 Å². The average molecular weight is 737 g/mol. The van der Waals surface area contributed by atoms with E-state index < -0.39 is 66.3 Å². The van der Waals surface area contributed by atoms with Crippen molar-refractivity contribution in [2.75, 3.05) is 6.54 Å². The van der Waals surface area contributed by atoms with Crippen molar-refractivity contribution in [3.8, 4) is 5.75 Å². The lowest BCUT2D eigenvalue weighted by atomic mass is 9.94.